The Morgan fingerprint density at radius 3 is 2.52 bits per heavy atom. The van der Waals surface area contributed by atoms with Crippen LogP contribution < -0.4 is 10.5 Å². The SMILES string of the molecule is CCC(N)Cc1cccc(Cl)c1Sc1ccc(OC)cc1. The van der Waals surface area contributed by atoms with Crippen LogP contribution in [0.4, 0.5) is 0 Å². The Balaban J connectivity index is 2.24. The van der Waals surface area contributed by atoms with Gasteiger partial charge in [0, 0.05) is 15.8 Å². The van der Waals surface area contributed by atoms with Gasteiger partial charge in [-0.3, -0.25) is 0 Å². The number of ether oxygens (including phenoxy) is 1. The van der Waals surface area contributed by atoms with Crippen molar-refractivity contribution in [2.75, 3.05) is 7.11 Å². The molecule has 0 saturated heterocycles. The average Bonchev–Trinajstić information content (AvgIpc) is 2.51. The third-order valence-electron chi connectivity index (χ3n) is 3.33. The fourth-order valence-corrected chi connectivity index (χ4v) is 3.28. The van der Waals surface area contributed by atoms with E-state index in [2.05, 4.69) is 13.0 Å². The zero-order valence-corrected chi connectivity index (χ0v) is 13.9. The third kappa shape index (κ3) is 4.40. The maximum absolute atomic E-state index is 6.38. The topological polar surface area (TPSA) is 35.2 Å². The van der Waals surface area contributed by atoms with Gasteiger partial charge in [0.25, 0.3) is 0 Å². The molecule has 0 saturated carbocycles. The van der Waals surface area contributed by atoms with Crippen molar-refractivity contribution in [2.45, 2.75) is 35.6 Å². The largest absolute Gasteiger partial charge is 0.497 e. The fraction of sp³-hybridized carbons (Fsp3) is 0.294. The first kappa shape index (κ1) is 16.2. The van der Waals surface area contributed by atoms with Gasteiger partial charge in [-0.05, 0) is 48.7 Å². The molecule has 0 spiro atoms. The van der Waals surface area contributed by atoms with Gasteiger partial charge in [0.05, 0.1) is 12.1 Å². The molecule has 112 valence electrons. The van der Waals surface area contributed by atoms with E-state index in [1.807, 2.05) is 36.4 Å². The Hall–Kier alpha value is -1.16. The van der Waals surface area contributed by atoms with E-state index >= 15 is 0 Å². The van der Waals surface area contributed by atoms with Crippen LogP contribution in [-0.4, -0.2) is 13.2 Å². The molecular weight excluding hydrogens is 302 g/mol. The lowest BCUT2D eigenvalue weighted by molar-refractivity contribution is 0.414. The maximum atomic E-state index is 6.38. The summed E-state index contributed by atoms with van der Waals surface area (Å²) in [5.41, 5.74) is 7.29. The Morgan fingerprint density at radius 2 is 1.90 bits per heavy atom. The summed E-state index contributed by atoms with van der Waals surface area (Å²) in [5.74, 6) is 0.853. The van der Waals surface area contributed by atoms with E-state index in [1.54, 1.807) is 18.9 Å². The molecule has 0 aliphatic carbocycles. The number of hydrogen-bond acceptors (Lipinski definition) is 3. The molecule has 0 heterocycles. The fourth-order valence-electron chi connectivity index (χ4n) is 2.02. The van der Waals surface area contributed by atoms with Crippen LogP contribution in [0.15, 0.2) is 52.3 Å². The minimum atomic E-state index is 0.165. The number of rotatable bonds is 6. The van der Waals surface area contributed by atoms with Gasteiger partial charge >= 0.3 is 0 Å². The molecule has 2 rings (SSSR count). The summed E-state index contributed by atoms with van der Waals surface area (Å²) in [4.78, 5) is 2.23. The molecule has 0 aliphatic heterocycles. The van der Waals surface area contributed by atoms with Crippen molar-refractivity contribution in [2.24, 2.45) is 5.73 Å². The molecule has 1 unspecified atom stereocenters. The van der Waals surface area contributed by atoms with Crippen LogP contribution in [0, 0.1) is 0 Å². The number of benzene rings is 2. The summed E-state index contributed by atoms with van der Waals surface area (Å²) in [5, 5.41) is 0.775. The zero-order valence-electron chi connectivity index (χ0n) is 12.3. The second-order valence-electron chi connectivity index (χ2n) is 4.88. The van der Waals surface area contributed by atoms with Gasteiger partial charge < -0.3 is 10.5 Å². The quantitative estimate of drug-likeness (QED) is 0.831. The highest BCUT2D eigenvalue weighted by atomic mass is 35.5. The third-order valence-corrected chi connectivity index (χ3v) is 4.96. The molecule has 0 amide bonds. The highest BCUT2D eigenvalue weighted by Crippen LogP contribution is 2.37. The van der Waals surface area contributed by atoms with Crippen LogP contribution in [0.2, 0.25) is 5.02 Å². The van der Waals surface area contributed by atoms with E-state index < -0.39 is 0 Å². The van der Waals surface area contributed by atoms with Gasteiger partial charge in [-0.15, -0.1) is 0 Å². The summed E-state index contributed by atoms with van der Waals surface area (Å²) in [6.07, 6.45) is 1.80. The number of nitrogens with two attached hydrogens (primary N) is 1. The van der Waals surface area contributed by atoms with Crippen molar-refractivity contribution >= 4 is 23.4 Å². The molecule has 0 radical (unpaired) electrons. The predicted octanol–water partition coefficient (Wildman–Crippen LogP) is 4.78. The average molecular weight is 322 g/mol. The predicted molar refractivity (Wildman–Crippen MR) is 90.5 cm³/mol. The van der Waals surface area contributed by atoms with E-state index in [1.165, 1.54) is 5.56 Å². The minimum Gasteiger partial charge on any atom is -0.497 e. The van der Waals surface area contributed by atoms with Crippen LogP contribution >= 0.6 is 23.4 Å². The van der Waals surface area contributed by atoms with Crippen LogP contribution in [0.5, 0.6) is 5.75 Å². The van der Waals surface area contributed by atoms with E-state index in [0.29, 0.717) is 0 Å². The Kier molecular flexibility index (Phi) is 5.97. The first-order valence-corrected chi connectivity index (χ1v) is 8.18. The Labute approximate surface area is 135 Å². The van der Waals surface area contributed by atoms with Crippen molar-refractivity contribution in [1.82, 2.24) is 0 Å². The van der Waals surface area contributed by atoms with Crippen molar-refractivity contribution in [3.05, 3.63) is 53.1 Å². The summed E-state index contributed by atoms with van der Waals surface area (Å²) in [7, 11) is 1.67. The summed E-state index contributed by atoms with van der Waals surface area (Å²) in [6, 6.07) is 14.2. The van der Waals surface area contributed by atoms with Crippen molar-refractivity contribution in [1.29, 1.82) is 0 Å². The molecular formula is C17H20ClNOS. The number of hydrogen-bond donors (Lipinski definition) is 1. The zero-order chi connectivity index (χ0) is 15.2. The number of halogens is 1. The van der Waals surface area contributed by atoms with Gasteiger partial charge in [0.2, 0.25) is 0 Å². The highest BCUT2D eigenvalue weighted by molar-refractivity contribution is 7.99. The van der Waals surface area contributed by atoms with Gasteiger partial charge in [-0.1, -0.05) is 42.4 Å². The molecule has 1 atom stereocenters. The second-order valence-corrected chi connectivity index (χ2v) is 6.37. The summed E-state index contributed by atoms with van der Waals surface area (Å²) >= 11 is 8.05. The molecule has 4 heteroatoms. The molecule has 21 heavy (non-hydrogen) atoms. The molecule has 2 N–H and O–H groups in total. The van der Waals surface area contributed by atoms with E-state index in [4.69, 9.17) is 22.1 Å². The maximum Gasteiger partial charge on any atom is 0.118 e. The minimum absolute atomic E-state index is 0.165. The lowest BCUT2D eigenvalue weighted by atomic mass is 10.0. The van der Waals surface area contributed by atoms with Crippen molar-refractivity contribution in [3.8, 4) is 5.75 Å². The first-order chi connectivity index (χ1) is 10.1. The normalized spacial score (nSPS) is 12.2. The summed E-state index contributed by atoms with van der Waals surface area (Å²) < 4.78 is 5.18. The summed E-state index contributed by atoms with van der Waals surface area (Å²) in [6.45, 7) is 2.10. The smallest absolute Gasteiger partial charge is 0.118 e. The van der Waals surface area contributed by atoms with Gasteiger partial charge in [0.15, 0.2) is 0 Å². The van der Waals surface area contributed by atoms with E-state index in [0.717, 1.165) is 33.4 Å². The second kappa shape index (κ2) is 7.74. The first-order valence-electron chi connectivity index (χ1n) is 6.99. The van der Waals surface area contributed by atoms with Gasteiger partial charge in [0.1, 0.15) is 5.75 Å². The Bertz CT molecular complexity index is 586. The molecule has 0 fully saturated rings. The molecule has 0 bridgehead atoms. The molecule has 2 aromatic rings. The lowest BCUT2D eigenvalue weighted by Gasteiger charge is -2.14. The van der Waals surface area contributed by atoms with Gasteiger partial charge in [-0.2, -0.15) is 0 Å². The van der Waals surface area contributed by atoms with Crippen LogP contribution in [-0.2, 0) is 6.42 Å². The van der Waals surface area contributed by atoms with Crippen LogP contribution in [0.1, 0.15) is 18.9 Å². The molecule has 0 aromatic heterocycles. The molecule has 2 nitrogen and oxygen atoms in total. The van der Waals surface area contributed by atoms with Crippen LogP contribution in [0.25, 0.3) is 0 Å². The lowest BCUT2D eigenvalue weighted by Crippen LogP contribution is -2.21. The standard InChI is InChI=1S/C17H20ClNOS/c1-3-13(19)11-12-5-4-6-16(18)17(12)21-15-9-7-14(20-2)8-10-15/h4-10,13H,3,11,19H2,1-2H3. The highest BCUT2D eigenvalue weighted by Gasteiger charge is 2.11. The molecule has 0 aliphatic rings. The van der Waals surface area contributed by atoms with E-state index in [9.17, 15) is 0 Å². The molecule has 2 aromatic carbocycles. The van der Waals surface area contributed by atoms with Crippen LogP contribution in [0.3, 0.4) is 0 Å². The monoisotopic (exact) mass is 321 g/mol. The van der Waals surface area contributed by atoms with Crippen molar-refractivity contribution in [3.63, 3.8) is 0 Å². The van der Waals surface area contributed by atoms with Gasteiger partial charge in [-0.25, -0.2) is 0 Å². The van der Waals surface area contributed by atoms with E-state index in [-0.39, 0.29) is 6.04 Å². The number of methoxy groups -OCH3 is 1. The Morgan fingerprint density at radius 1 is 1.19 bits per heavy atom. The van der Waals surface area contributed by atoms with Crippen molar-refractivity contribution < 1.29 is 4.74 Å².